The van der Waals surface area contributed by atoms with Gasteiger partial charge in [-0.1, -0.05) is 48.5 Å². The summed E-state index contributed by atoms with van der Waals surface area (Å²) in [6.07, 6.45) is 0.324. The summed E-state index contributed by atoms with van der Waals surface area (Å²) in [7, 11) is 0. The standard InChI is InChI=1S/C11H15N3O3.C6H6/c12-9(11(17)14-6-10(13)16)5-7-1-3-8(15)4-2-7;1-2-4-6-5-3-1/h1-4,9,15H,5-6,12H2,(H2,13,16)(H,14,17);1-6H. The van der Waals surface area contributed by atoms with Crippen molar-refractivity contribution in [3.63, 3.8) is 0 Å². The summed E-state index contributed by atoms with van der Waals surface area (Å²) in [5.74, 6) is -0.896. The average Bonchev–Trinajstić information content (AvgIpc) is 2.56. The molecule has 2 rings (SSSR count). The highest BCUT2D eigenvalue weighted by Crippen LogP contribution is 2.10. The fraction of sp³-hybridized carbons (Fsp3) is 0.176. The lowest BCUT2D eigenvalue weighted by Gasteiger charge is -2.11. The van der Waals surface area contributed by atoms with Crippen LogP contribution in [0.25, 0.3) is 0 Å². The Hall–Kier alpha value is -2.86. The van der Waals surface area contributed by atoms with Crippen LogP contribution in [0.1, 0.15) is 5.56 Å². The Morgan fingerprint density at radius 1 is 1.00 bits per heavy atom. The number of hydrogen-bond acceptors (Lipinski definition) is 4. The fourth-order valence-electron chi connectivity index (χ4n) is 1.67. The van der Waals surface area contributed by atoms with Crippen molar-refractivity contribution in [3.8, 4) is 5.75 Å². The highest BCUT2D eigenvalue weighted by Gasteiger charge is 2.14. The molecule has 6 nitrogen and oxygen atoms in total. The summed E-state index contributed by atoms with van der Waals surface area (Å²) in [5, 5.41) is 11.4. The summed E-state index contributed by atoms with van der Waals surface area (Å²) < 4.78 is 0. The molecule has 1 unspecified atom stereocenters. The molecule has 122 valence electrons. The topological polar surface area (TPSA) is 118 Å². The van der Waals surface area contributed by atoms with Crippen molar-refractivity contribution in [3.05, 3.63) is 66.2 Å². The molecule has 1 atom stereocenters. The molecule has 0 radical (unpaired) electrons. The monoisotopic (exact) mass is 315 g/mol. The Labute approximate surface area is 135 Å². The number of nitrogens with one attached hydrogen (secondary N) is 1. The fourth-order valence-corrected chi connectivity index (χ4v) is 1.67. The molecular weight excluding hydrogens is 294 g/mol. The second-order valence-electron chi connectivity index (χ2n) is 4.82. The minimum atomic E-state index is -0.751. The van der Waals surface area contributed by atoms with E-state index in [4.69, 9.17) is 16.6 Å². The molecule has 0 fully saturated rings. The number of primary amides is 1. The van der Waals surface area contributed by atoms with Crippen molar-refractivity contribution >= 4 is 11.8 Å². The molecule has 0 aliphatic carbocycles. The lowest BCUT2D eigenvalue weighted by molar-refractivity contribution is -0.125. The Balaban J connectivity index is 0.000000366. The van der Waals surface area contributed by atoms with Crippen LogP contribution >= 0.6 is 0 Å². The maximum atomic E-state index is 11.4. The maximum absolute atomic E-state index is 11.4. The molecule has 0 saturated carbocycles. The molecule has 2 amide bonds. The minimum Gasteiger partial charge on any atom is -0.508 e. The normalized spacial score (nSPS) is 10.8. The largest absolute Gasteiger partial charge is 0.508 e. The van der Waals surface area contributed by atoms with Gasteiger partial charge in [-0.3, -0.25) is 9.59 Å². The number of hydrogen-bond donors (Lipinski definition) is 4. The van der Waals surface area contributed by atoms with E-state index < -0.39 is 17.9 Å². The van der Waals surface area contributed by atoms with E-state index in [0.29, 0.717) is 6.42 Å². The van der Waals surface area contributed by atoms with Gasteiger partial charge in [0.2, 0.25) is 11.8 Å². The van der Waals surface area contributed by atoms with Gasteiger partial charge in [-0.15, -0.1) is 0 Å². The molecule has 2 aromatic rings. The zero-order valence-corrected chi connectivity index (χ0v) is 12.7. The van der Waals surface area contributed by atoms with Crippen LogP contribution in [-0.2, 0) is 16.0 Å². The summed E-state index contributed by atoms with van der Waals surface area (Å²) in [4.78, 5) is 21.9. The van der Waals surface area contributed by atoms with Crippen molar-refractivity contribution in [2.45, 2.75) is 12.5 Å². The van der Waals surface area contributed by atoms with E-state index in [9.17, 15) is 9.59 Å². The first kappa shape index (κ1) is 18.2. The van der Waals surface area contributed by atoms with Gasteiger partial charge < -0.3 is 21.9 Å². The zero-order valence-electron chi connectivity index (χ0n) is 12.7. The van der Waals surface area contributed by atoms with Gasteiger partial charge in [0.25, 0.3) is 0 Å². The molecule has 6 heteroatoms. The quantitative estimate of drug-likeness (QED) is 0.644. The van der Waals surface area contributed by atoms with Gasteiger partial charge in [-0.05, 0) is 24.1 Å². The number of nitrogens with two attached hydrogens (primary N) is 2. The number of carbonyl (C=O) groups excluding carboxylic acids is 2. The summed E-state index contributed by atoms with van der Waals surface area (Å²) >= 11 is 0. The zero-order chi connectivity index (χ0) is 17.1. The number of aromatic hydroxyl groups is 1. The van der Waals surface area contributed by atoms with Crippen LogP contribution in [0.5, 0.6) is 5.75 Å². The lowest BCUT2D eigenvalue weighted by atomic mass is 10.1. The molecule has 0 aliphatic heterocycles. The number of phenolic OH excluding ortho intramolecular Hbond substituents is 1. The second kappa shape index (κ2) is 9.97. The predicted molar refractivity (Wildman–Crippen MR) is 88.4 cm³/mol. The third-order valence-electron chi connectivity index (χ3n) is 2.83. The first-order valence-corrected chi connectivity index (χ1v) is 7.08. The molecule has 0 saturated heterocycles. The highest BCUT2D eigenvalue weighted by atomic mass is 16.3. The Morgan fingerprint density at radius 3 is 1.91 bits per heavy atom. The van der Waals surface area contributed by atoms with Gasteiger partial charge >= 0.3 is 0 Å². The molecular formula is C17H21N3O3. The Kier molecular flexibility index (Phi) is 7.88. The molecule has 6 N–H and O–H groups in total. The van der Waals surface area contributed by atoms with Crippen molar-refractivity contribution in [2.75, 3.05) is 6.54 Å². The number of amides is 2. The first-order valence-electron chi connectivity index (χ1n) is 7.08. The Morgan fingerprint density at radius 2 is 1.48 bits per heavy atom. The summed E-state index contributed by atoms with van der Waals surface area (Å²) in [6.45, 7) is -0.220. The van der Waals surface area contributed by atoms with Crippen molar-refractivity contribution < 1.29 is 14.7 Å². The summed E-state index contributed by atoms with van der Waals surface area (Å²) in [6, 6.07) is 17.6. The SMILES string of the molecule is NC(=O)CNC(=O)C(N)Cc1ccc(O)cc1.c1ccccc1. The maximum Gasteiger partial charge on any atom is 0.237 e. The van der Waals surface area contributed by atoms with Crippen LogP contribution in [0.4, 0.5) is 0 Å². The van der Waals surface area contributed by atoms with E-state index in [2.05, 4.69) is 5.32 Å². The van der Waals surface area contributed by atoms with Gasteiger partial charge in [0.05, 0.1) is 12.6 Å². The molecule has 0 bridgehead atoms. The van der Waals surface area contributed by atoms with Gasteiger partial charge in [-0.2, -0.15) is 0 Å². The van der Waals surface area contributed by atoms with Crippen LogP contribution < -0.4 is 16.8 Å². The van der Waals surface area contributed by atoms with E-state index in [-0.39, 0.29) is 12.3 Å². The molecule has 2 aromatic carbocycles. The molecule has 0 heterocycles. The highest BCUT2D eigenvalue weighted by molar-refractivity contribution is 5.86. The van der Waals surface area contributed by atoms with E-state index >= 15 is 0 Å². The smallest absolute Gasteiger partial charge is 0.237 e. The molecule has 0 spiro atoms. The van der Waals surface area contributed by atoms with Crippen molar-refractivity contribution in [1.29, 1.82) is 0 Å². The molecule has 0 aliphatic rings. The lowest BCUT2D eigenvalue weighted by Crippen LogP contribution is -2.44. The number of rotatable bonds is 5. The third kappa shape index (κ3) is 8.23. The van der Waals surface area contributed by atoms with Crippen LogP contribution in [0.2, 0.25) is 0 Å². The number of phenols is 1. The number of benzene rings is 2. The van der Waals surface area contributed by atoms with E-state index in [1.165, 1.54) is 12.1 Å². The van der Waals surface area contributed by atoms with Gasteiger partial charge in [0, 0.05) is 0 Å². The van der Waals surface area contributed by atoms with Gasteiger partial charge in [-0.25, -0.2) is 0 Å². The van der Waals surface area contributed by atoms with E-state index in [1.807, 2.05) is 36.4 Å². The van der Waals surface area contributed by atoms with Crippen LogP contribution in [0.3, 0.4) is 0 Å². The molecule has 23 heavy (non-hydrogen) atoms. The van der Waals surface area contributed by atoms with Crippen molar-refractivity contribution in [2.24, 2.45) is 11.5 Å². The molecule has 0 aromatic heterocycles. The van der Waals surface area contributed by atoms with Gasteiger partial charge in [0.15, 0.2) is 0 Å². The summed E-state index contributed by atoms with van der Waals surface area (Å²) in [5.41, 5.74) is 11.4. The second-order valence-corrected chi connectivity index (χ2v) is 4.82. The van der Waals surface area contributed by atoms with Crippen molar-refractivity contribution in [1.82, 2.24) is 5.32 Å². The predicted octanol–water partition coefficient (Wildman–Crippen LogP) is 0.550. The van der Waals surface area contributed by atoms with E-state index in [0.717, 1.165) is 5.56 Å². The van der Waals surface area contributed by atoms with Crippen LogP contribution in [0, 0.1) is 0 Å². The Bertz CT molecular complexity index is 574. The van der Waals surface area contributed by atoms with Crippen LogP contribution in [0.15, 0.2) is 60.7 Å². The average molecular weight is 315 g/mol. The third-order valence-corrected chi connectivity index (χ3v) is 2.83. The first-order chi connectivity index (χ1) is 11.0. The minimum absolute atomic E-state index is 0.153. The van der Waals surface area contributed by atoms with Crippen LogP contribution in [-0.4, -0.2) is 29.5 Å². The number of carbonyl (C=O) groups is 2. The van der Waals surface area contributed by atoms with E-state index in [1.54, 1.807) is 12.1 Å². The van der Waals surface area contributed by atoms with Gasteiger partial charge in [0.1, 0.15) is 5.75 Å².